The lowest BCUT2D eigenvalue weighted by Gasteiger charge is -2.18. The van der Waals surface area contributed by atoms with Crippen LogP contribution in [0, 0.1) is 5.41 Å². The number of aromatic nitrogens is 2. The Morgan fingerprint density at radius 3 is 2.87 bits per heavy atom. The molecule has 0 atom stereocenters. The number of hydrogen-bond donors (Lipinski definition) is 1. The molecule has 1 heterocycles. The van der Waals surface area contributed by atoms with E-state index < -0.39 is 0 Å². The van der Waals surface area contributed by atoms with Crippen LogP contribution in [0.2, 0.25) is 0 Å². The fourth-order valence-electron chi connectivity index (χ4n) is 1.30. The molecule has 1 aromatic carbocycles. The molecule has 0 aliphatic carbocycles. The third kappa shape index (κ3) is 2.49. The second-order valence-electron chi connectivity index (χ2n) is 4.93. The predicted molar refractivity (Wildman–Crippen MR) is 61.0 cm³/mol. The highest BCUT2D eigenvalue weighted by Crippen LogP contribution is 2.20. The fraction of sp³-hybridized carbons (Fsp3) is 0.417. The van der Waals surface area contributed by atoms with Gasteiger partial charge in [-0.25, -0.2) is 4.98 Å². The Hall–Kier alpha value is -1.51. The minimum Gasteiger partial charge on any atom is -0.493 e. The van der Waals surface area contributed by atoms with Gasteiger partial charge in [0.2, 0.25) is 0 Å². The van der Waals surface area contributed by atoms with Crippen molar-refractivity contribution in [2.45, 2.75) is 20.8 Å². The molecule has 80 valence electrons. The Morgan fingerprint density at radius 2 is 2.13 bits per heavy atom. The number of nitrogens with one attached hydrogen (secondary N) is 1. The first kappa shape index (κ1) is 10.0. The van der Waals surface area contributed by atoms with Gasteiger partial charge in [-0.3, -0.25) is 0 Å². The summed E-state index contributed by atoms with van der Waals surface area (Å²) in [5.41, 5.74) is 2.17. The second-order valence-corrected chi connectivity index (χ2v) is 4.93. The molecule has 0 bridgehead atoms. The summed E-state index contributed by atoms with van der Waals surface area (Å²) in [4.78, 5) is 7.22. The van der Waals surface area contributed by atoms with E-state index in [4.69, 9.17) is 4.74 Å². The van der Waals surface area contributed by atoms with Crippen LogP contribution in [0.3, 0.4) is 0 Å². The highest BCUT2D eigenvalue weighted by Gasteiger charge is 2.11. The van der Waals surface area contributed by atoms with Gasteiger partial charge in [0.05, 0.1) is 24.0 Å². The molecule has 0 aliphatic heterocycles. The number of nitrogens with zero attached hydrogens (tertiary/aromatic N) is 1. The van der Waals surface area contributed by atoms with E-state index in [9.17, 15) is 0 Å². The van der Waals surface area contributed by atoms with Gasteiger partial charge in [0.1, 0.15) is 5.75 Å². The lowest BCUT2D eigenvalue weighted by molar-refractivity contribution is 0.198. The van der Waals surface area contributed by atoms with Crippen molar-refractivity contribution in [3.05, 3.63) is 24.5 Å². The first-order chi connectivity index (χ1) is 7.04. The van der Waals surface area contributed by atoms with Crippen molar-refractivity contribution in [1.82, 2.24) is 9.97 Å². The van der Waals surface area contributed by atoms with Crippen LogP contribution in [0.4, 0.5) is 0 Å². The minimum atomic E-state index is 0.183. The number of imidazole rings is 1. The summed E-state index contributed by atoms with van der Waals surface area (Å²) >= 11 is 0. The van der Waals surface area contributed by atoms with Gasteiger partial charge >= 0.3 is 0 Å². The van der Waals surface area contributed by atoms with E-state index in [1.807, 2.05) is 18.2 Å². The van der Waals surface area contributed by atoms with Gasteiger partial charge in [-0.2, -0.15) is 0 Å². The van der Waals surface area contributed by atoms with Gasteiger partial charge in [0, 0.05) is 6.07 Å². The number of aromatic amines is 1. The first-order valence-electron chi connectivity index (χ1n) is 5.10. The Labute approximate surface area is 89.5 Å². The molecule has 0 spiro atoms. The van der Waals surface area contributed by atoms with Crippen LogP contribution in [0.15, 0.2) is 24.5 Å². The largest absolute Gasteiger partial charge is 0.493 e. The summed E-state index contributed by atoms with van der Waals surface area (Å²) in [6.07, 6.45) is 1.69. The van der Waals surface area contributed by atoms with Crippen molar-refractivity contribution in [1.29, 1.82) is 0 Å². The second kappa shape index (κ2) is 3.57. The Balaban J connectivity index is 2.15. The summed E-state index contributed by atoms with van der Waals surface area (Å²) in [7, 11) is 0. The number of H-pyrrole nitrogens is 1. The third-order valence-electron chi connectivity index (χ3n) is 2.06. The molecular weight excluding hydrogens is 188 g/mol. The number of rotatable bonds is 2. The van der Waals surface area contributed by atoms with Crippen LogP contribution in [0.1, 0.15) is 20.8 Å². The Bertz CT molecular complexity index is 454. The third-order valence-corrected chi connectivity index (χ3v) is 2.06. The van der Waals surface area contributed by atoms with E-state index in [1.165, 1.54) is 0 Å². The Morgan fingerprint density at radius 1 is 1.33 bits per heavy atom. The predicted octanol–water partition coefficient (Wildman–Crippen LogP) is 2.99. The molecule has 0 unspecified atom stereocenters. The molecule has 0 aliphatic rings. The van der Waals surface area contributed by atoms with E-state index in [0.29, 0.717) is 6.61 Å². The summed E-state index contributed by atoms with van der Waals surface area (Å²) in [5, 5.41) is 0. The van der Waals surface area contributed by atoms with Crippen molar-refractivity contribution in [2.24, 2.45) is 5.41 Å². The van der Waals surface area contributed by atoms with Crippen LogP contribution >= 0.6 is 0 Å². The van der Waals surface area contributed by atoms with Gasteiger partial charge in [-0.15, -0.1) is 0 Å². The number of fused-ring (bicyclic) bond motifs is 1. The summed E-state index contributed by atoms with van der Waals surface area (Å²) in [5.74, 6) is 0.890. The van der Waals surface area contributed by atoms with Crippen LogP contribution in [-0.4, -0.2) is 16.6 Å². The highest BCUT2D eigenvalue weighted by molar-refractivity contribution is 5.75. The average molecular weight is 204 g/mol. The number of hydrogen-bond acceptors (Lipinski definition) is 2. The molecule has 2 aromatic rings. The maximum atomic E-state index is 5.70. The standard InChI is InChI=1S/C12H16N2O/c1-12(2,3)7-15-9-4-5-10-11(6-9)14-8-13-10/h4-6,8H,7H2,1-3H3,(H,13,14). The molecule has 0 amide bonds. The van der Waals surface area contributed by atoms with E-state index in [0.717, 1.165) is 16.8 Å². The normalized spacial score (nSPS) is 11.9. The minimum absolute atomic E-state index is 0.183. The SMILES string of the molecule is CC(C)(C)COc1ccc2nc[nH]c2c1. The monoisotopic (exact) mass is 204 g/mol. The fourth-order valence-corrected chi connectivity index (χ4v) is 1.30. The van der Waals surface area contributed by atoms with Crippen LogP contribution in [0.5, 0.6) is 5.75 Å². The lowest BCUT2D eigenvalue weighted by atomic mass is 9.99. The zero-order valence-electron chi connectivity index (χ0n) is 9.37. The van der Waals surface area contributed by atoms with Gasteiger partial charge < -0.3 is 9.72 Å². The first-order valence-corrected chi connectivity index (χ1v) is 5.10. The highest BCUT2D eigenvalue weighted by atomic mass is 16.5. The lowest BCUT2D eigenvalue weighted by Crippen LogP contribution is -2.16. The molecule has 0 fully saturated rings. The van der Waals surface area contributed by atoms with Gasteiger partial charge in [0.15, 0.2) is 0 Å². The van der Waals surface area contributed by atoms with Crippen LogP contribution in [0.25, 0.3) is 11.0 Å². The van der Waals surface area contributed by atoms with Gasteiger partial charge in [-0.1, -0.05) is 20.8 Å². The van der Waals surface area contributed by atoms with Crippen molar-refractivity contribution in [2.75, 3.05) is 6.61 Å². The van der Waals surface area contributed by atoms with E-state index in [-0.39, 0.29) is 5.41 Å². The maximum Gasteiger partial charge on any atom is 0.121 e. The van der Waals surface area contributed by atoms with Crippen LogP contribution < -0.4 is 4.74 Å². The van der Waals surface area contributed by atoms with E-state index in [2.05, 4.69) is 30.7 Å². The quantitative estimate of drug-likeness (QED) is 0.816. The molecule has 3 nitrogen and oxygen atoms in total. The van der Waals surface area contributed by atoms with Gasteiger partial charge in [0.25, 0.3) is 0 Å². The Kier molecular flexibility index (Phi) is 2.39. The topological polar surface area (TPSA) is 37.9 Å². The zero-order chi connectivity index (χ0) is 10.9. The average Bonchev–Trinajstić information content (AvgIpc) is 2.60. The molecule has 1 N–H and O–H groups in total. The van der Waals surface area contributed by atoms with Crippen molar-refractivity contribution in [3.63, 3.8) is 0 Å². The smallest absolute Gasteiger partial charge is 0.121 e. The molecular formula is C12H16N2O. The van der Waals surface area contributed by atoms with Crippen molar-refractivity contribution >= 4 is 11.0 Å². The number of benzene rings is 1. The summed E-state index contributed by atoms with van der Waals surface area (Å²) in [6, 6.07) is 5.90. The molecule has 0 saturated heterocycles. The molecule has 0 radical (unpaired) electrons. The van der Waals surface area contributed by atoms with Gasteiger partial charge in [-0.05, 0) is 17.5 Å². The summed E-state index contributed by atoms with van der Waals surface area (Å²) < 4.78 is 5.70. The molecule has 0 saturated carbocycles. The number of ether oxygens (including phenoxy) is 1. The maximum absolute atomic E-state index is 5.70. The van der Waals surface area contributed by atoms with E-state index in [1.54, 1.807) is 6.33 Å². The molecule has 3 heteroatoms. The van der Waals surface area contributed by atoms with Crippen molar-refractivity contribution in [3.8, 4) is 5.75 Å². The molecule has 15 heavy (non-hydrogen) atoms. The zero-order valence-corrected chi connectivity index (χ0v) is 9.37. The summed E-state index contributed by atoms with van der Waals surface area (Å²) in [6.45, 7) is 7.18. The molecule has 2 rings (SSSR count). The van der Waals surface area contributed by atoms with Crippen molar-refractivity contribution < 1.29 is 4.74 Å². The van der Waals surface area contributed by atoms with Crippen LogP contribution in [-0.2, 0) is 0 Å². The molecule has 1 aromatic heterocycles. The van der Waals surface area contributed by atoms with E-state index >= 15 is 0 Å².